The number of hydrogen-bond acceptors (Lipinski definition) is 5. The molecule has 27 heavy (non-hydrogen) atoms. The molecule has 0 saturated heterocycles. The lowest BCUT2D eigenvalue weighted by Crippen LogP contribution is -2.34. The molecule has 0 bridgehead atoms. The minimum absolute atomic E-state index is 0.0148. The minimum Gasteiger partial charge on any atom is -0.377 e. The zero-order chi connectivity index (χ0) is 19.4. The number of benzene rings is 2. The molecule has 1 unspecified atom stereocenters. The number of likely N-dealkylation sites (N-methyl/N-ethyl adjacent to an activating group) is 1. The monoisotopic (exact) mass is 368 g/mol. The molecule has 2 aromatic rings. The van der Waals surface area contributed by atoms with E-state index in [0.29, 0.717) is 18.3 Å². The molecule has 1 aliphatic carbocycles. The van der Waals surface area contributed by atoms with Gasteiger partial charge in [-0.1, -0.05) is 30.3 Å². The van der Waals surface area contributed by atoms with Crippen LogP contribution in [0.1, 0.15) is 34.8 Å². The first-order valence-electron chi connectivity index (χ1n) is 9.00. The van der Waals surface area contributed by atoms with E-state index in [4.69, 9.17) is 0 Å². The summed E-state index contributed by atoms with van der Waals surface area (Å²) in [6, 6.07) is 14.8. The molecule has 1 amide bonds. The van der Waals surface area contributed by atoms with Crippen molar-refractivity contribution in [2.75, 3.05) is 26.0 Å². The van der Waals surface area contributed by atoms with Gasteiger partial charge in [-0.3, -0.25) is 14.9 Å². The highest BCUT2D eigenvalue weighted by molar-refractivity contribution is 5.95. The highest BCUT2D eigenvalue weighted by Gasteiger charge is 2.25. The van der Waals surface area contributed by atoms with Gasteiger partial charge < -0.3 is 15.5 Å². The first kappa shape index (κ1) is 18.8. The van der Waals surface area contributed by atoms with Crippen molar-refractivity contribution in [2.45, 2.75) is 24.9 Å². The Morgan fingerprint density at radius 2 is 1.93 bits per heavy atom. The molecule has 2 N–H and O–H groups in total. The van der Waals surface area contributed by atoms with E-state index in [1.54, 1.807) is 12.1 Å². The minimum atomic E-state index is -0.450. The number of nitrogens with zero attached hydrogens (tertiary/aromatic N) is 2. The molecule has 0 spiro atoms. The highest BCUT2D eigenvalue weighted by atomic mass is 16.6. The number of anilines is 1. The Bertz CT molecular complexity index is 819. The Balaban J connectivity index is 1.71. The molecular formula is C20H24N4O3. The predicted octanol–water partition coefficient (Wildman–Crippen LogP) is 3.20. The van der Waals surface area contributed by atoms with E-state index in [0.717, 1.165) is 18.4 Å². The van der Waals surface area contributed by atoms with E-state index in [2.05, 4.69) is 10.6 Å². The maximum absolute atomic E-state index is 12.6. The second-order valence-electron chi connectivity index (χ2n) is 7.01. The lowest BCUT2D eigenvalue weighted by molar-refractivity contribution is -0.384. The van der Waals surface area contributed by atoms with Crippen LogP contribution in [0.5, 0.6) is 0 Å². The van der Waals surface area contributed by atoms with Gasteiger partial charge in [-0.05, 0) is 44.6 Å². The lowest BCUT2D eigenvalue weighted by Gasteiger charge is -2.25. The number of hydrogen-bond donors (Lipinski definition) is 2. The van der Waals surface area contributed by atoms with Crippen molar-refractivity contribution in [3.63, 3.8) is 0 Å². The largest absolute Gasteiger partial charge is 0.377 e. The maximum Gasteiger partial charge on any atom is 0.293 e. The number of amides is 1. The number of rotatable bonds is 8. The molecule has 0 heterocycles. The van der Waals surface area contributed by atoms with Gasteiger partial charge in [0.1, 0.15) is 5.69 Å². The summed E-state index contributed by atoms with van der Waals surface area (Å²) >= 11 is 0. The molecule has 142 valence electrons. The van der Waals surface area contributed by atoms with Crippen LogP contribution in [0.25, 0.3) is 0 Å². The molecule has 7 nitrogen and oxygen atoms in total. The fraction of sp³-hybridized carbons (Fsp3) is 0.350. The summed E-state index contributed by atoms with van der Waals surface area (Å²) in [7, 11) is 3.90. The smallest absolute Gasteiger partial charge is 0.293 e. The van der Waals surface area contributed by atoms with Gasteiger partial charge in [0.05, 0.1) is 11.0 Å². The van der Waals surface area contributed by atoms with Crippen molar-refractivity contribution in [3.8, 4) is 0 Å². The quantitative estimate of drug-likeness (QED) is 0.552. The van der Waals surface area contributed by atoms with Gasteiger partial charge in [0.25, 0.3) is 11.6 Å². The number of carbonyl (C=O) groups is 1. The van der Waals surface area contributed by atoms with Gasteiger partial charge in [0, 0.05) is 24.2 Å². The normalized spacial score (nSPS) is 14.6. The van der Waals surface area contributed by atoms with Crippen LogP contribution in [0.2, 0.25) is 0 Å². The SMILES string of the molecule is CN(C)C(CNC(=O)c1ccc(NC2CC2)c([N+](=O)[O-])c1)c1ccccc1. The zero-order valence-corrected chi connectivity index (χ0v) is 15.5. The average Bonchev–Trinajstić information content (AvgIpc) is 3.46. The van der Waals surface area contributed by atoms with Crippen LogP contribution in [0.15, 0.2) is 48.5 Å². The molecule has 7 heteroatoms. The summed E-state index contributed by atoms with van der Waals surface area (Å²) in [5.74, 6) is -0.321. The van der Waals surface area contributed by atoms with E-state index in [-0.39, 0.29) is 23.2 Å². The standard InChI is InChI=1S/C20H24N4O3/c1-23(2)19(14-6-4-3-5-7-14)13-21-20(25)15-8-11-17(22-16-9-10-16)18(12-15)24(26)27/h3-8,11-12,16,19,22H,9-10,13H2,1-2H3,(H,21,25). The molecule has 1 atom stereocenters. The van der Waals surface area contributed by atoms with Crippen LogP contribution < -0.4 is 10.6 Å². The van der Waals surface area contributed by atoms with E-state index in [1.165, 1.54) is 6.07 Å². The predicted molar refractivity (Wildman–Crippen MR) is 105 cm³/mol. The fourth-order valence-electron chi connectivity index (χ4n) is 2.96. The molecule has 0 radical (unpaired) electrons. The summed E-state index contributed by atoms with van der Waals surface area (Å²) in [5.41, 5.74) is 1.78. The number of carbonyl (C=O) groups excluding carboxylic acids is 1. The third kappa shape index (κ3) is 4.83. The third-order valence-electron chi connectivity index (χ3n) is 4.66. The Morgan fingerprint density at radius 1 is 1.22 bits per heavy atom. The van der Waals surface area contributed by atoms with E-state index in [9.17, 15) is 14.9 Å². The van der Waals surface area contributed by atoms with Crippen molar-refractivity contribution in [2.24, 2.45) is 0 Å². The van der Waals surface area contributed by atoms with E-state index < -0.39 is 4.92 Å². The number of nitro groups is 1. The van der Waals surface area contributed by atoms with Crippen molar-refractivity contribution in [3.05, 3.63) is 69.8 Å². The molecule has 1 aliphatic rings. The summed E-state index contributed by atoms with van der Waals surface area (Å²) < 4.78 is 0. The van der Waals surface area contributed by atoms with Gasteiger partial charge in [-0.15, -0.1) is 0 Å². The average molecular weight is 368 g/mol. The van der Waals surface area contributed by atoms with Crippen LogP contribution in [-0.4, -0.2) is 42.4 Å². The van der Waals surface area contributed by atoms with Crippen LogP contribution in [-0.2, 0) is 0 Å². The van der Waals surface area contributed by atoms with E-state index >= 15 is 0 Å². The van der Waals surface area contributed by atoms with Gasteiger partial charge in [-0.2, -0.15) is 0 Å². The van der Waals surface area contributed by atoms with Crippen molar-refractivity contribution in [1.82, 2.24) is 10.2 Å². The number of nitro benzene ring substituents is 1. The van der Waals surface area contributed by atoms with Crippen molar-refractivity contribution in [1.29, 1.82) is 0 Å². The Labute approximate surface area is 158 Å². The van der Waals surface area contributed by atoms with Crippen LogP contribution >= 0.6 is 0 Å². The summed E-state index contributed by atoms with van der Waals surface area (Å²) in [6.45, 7) is 0.408. The molecule has 1 saturated carbocycles. The first-order chi connectivity index (χ1) is 13.0. The maximum atomic E-state index is 12.6. The van der Waals surface area contributed by atoms with Gasteiger partial charge in [-0.25, -0.2) is 0 Å². The van der Waals surface area contributed by atoms with E-state index in [1.807, 2.05) is 49.3 Å². The van der Waals surface area contributed by atoms with Crippen LogP contribution in [0, 0.1) is 10.1 Å². The Morgan fingerprint density at radius 3 is 2.52 bits per heavy atom. The van der Waals surface area contributed by atoms with Crippen molar-refractivity contribution >= 4 is 17.3 Å². The second-order valence-corrected chi connectivity index (χ2v) is 7.01. The molecule has 0 aromatic heterocycles. The van der Waals surface area contributed by atoms with Gasteiger partial charge in [0.15, 0.2) is 0 Å². The molecule has 2 aromatic carbocycles. The van der Waals surface area contributed by atoms with Crippen LogP contribution in [0.4, 0.5) is 11.4 Å². The number of nitrogens with one attached hydrogen (secondary N) is 2. The highest BCUT2D eigenvalue weighted by Crippen LogP contribution is 2.31. The molecule has 3 rings (SSSR count). The zero-order valence-electron chi connectivity index (χ0n) is 15.5. The molecule has 1 fully saturated rings. The third-order valence-corrected chi connectivity index (χ3v) is 4.66. The summed E-state index contributed by atoms with van der Waals surface area (Å²) in [6.07, 6.45) is 2.04. The van der Waals surface area contributed by atoms with Crippen molar-refractivity contribution < 1.29 is 9.72 Å². The first-order valence-corrected chi connectivity index (χ1v) is 9.00. The summed E-state index contributed by atoms with van der Waals surface area (Å²) in [4.78, 5) is 25.5. The topological polar surface area (TPSA) is 87.5 Å². The van der Waals surface area contributed by atoms with Gasteiger partial charge >= 0.3 is 0 Å². The van der Waals surface area contributed by atoms with Gasteiger partial charge in [0.2, 0.25) is 0 Å². The fourth-order valence-corrected chi connectivity index (χ4v) is 2.96. The lowest BCUT2D eigenvalue weighted by atomic mass is 10.1. The summed E-state index contributed by atoms with van der Waals surface area (Å²) in [5, 5.41) is 17.4. The molecule has 0 aliphatic heterocycles. The Hall–Kier alpha value is -2.93. The Kier molecular flexibility index (Phi) is 5.71. The second kappa shape index (κ2) is 8.18. The van der Waals surface area contributed by atoms with Crippen LogP contribution in [0.3, 0.4) is 0 Å². The molecular weight excluding hydrogens is 344 g/mol.